The Morgan fingerprint density at radius 2 is 1.62 bits per heavy atom. The third-order valence-corrected chi connectivity index (χ3v) is 2.52. The third-order valence-electron chi connectivity index (χ3n) is 2.19. The number of nitrogens with one attached hydrogen (secondary N) is 1. The molecule has 0 saturated heterocycles. The largest absolute Gasteiger partial charge is 0.353 e. The summed E-state index contributed by atoms with van der Waals surface area (Å²) in [5, 5.41) is 3.26. The van der Waals surface area contributed by atoms with Crippen LogP contribution in [0, 0.1) is 0 Å². The minimum Gasteiger partial charge on any atom is -0.353 e. The van der Waals surface area contributed by atoms with Crippen LogP contribution >= 0.6 is 23.2 Å². The van der Waals surface area contributed by atoms with E-state index in [1.807, 2.05) is 0 Å². The van der Waals surface area contributed by atoms with Crippen molar-refractivity contribution in [2.75, 3.05) is 31.5 Å². The van der Waals surface area contributed by atoms with Crippen molar-refractivity contribution >= 4 is 29.2 Å². The fourth-order valence-electron chi connectivity index (χ4n) is 1.27. The Morgan fingerprint density at radius 3 is 2.12 bits per heavy atom. The summed E-state index contributed by atoms with van der Waals surface area (Å²) in [5.74, 6) is 0.414. The number of hydrogen-bond acceptors (Lipinski definition) is 5. The molecule has 0 bridgehead atoms. The fraction of sp³-hybridized carbons (Fsp3) is 0.667. The molecule has 1 heterocycles. The van der Waals surface area contributed by atoms with E-state index in [2.05, 4.69) is 39.0 Å². The van der Waals surface area contributed by atoms with E-state index in [1.165, 1.54) is 0 Å². The molecule has 90 valence electrons. The number of hydrogen-bond donors (Lipinski definition) is 1. The summed E-state index contributed by atoms with van der Waals surface area (Å²) in [6.07, 6.45) is 0. The predicted octanol–water partition coefficient (Wildman–Crippen LogP) is 1.93. The molecule has 16 heavy (non-hydrogen) atoms. The molecule has 1 aromatic rings. The zero-order valence-corrected chi connectivity index (χ0v) is 10.9. The Bertz CT molecular complexity index is 309. The van der Waals surface area contributed by atoms with Gasteiger partial charge in [-0.25, -0.2) is 0 Å². The molecule has 5 nitrogen and oxygen atoms in total. The number of nitrogens with zero attached hydrogens (tertiary/aromatic N) is 4. The zero-order chi connectivity index (χ0) is 12.0. The lowest BCUT2D eigenvalue weighted by Gasteiger charge is -2.17. The van der Waals surface area contributed by atoms with Gasteiger partial charge in [0.05, 0.1) is 0 Å². The maximum Gasteiger partial charge on any atom is 0.228 e. The second kappa shape index (κ2) is 6.83. The van der Waals surface area contributed by atoms with Gasteiger partial charge in [-0.3, -0.25) is 0 Å². The van der Waals surface area contributed by atoms with Gasteiger partial charge in [0.2, 0.25) is 16.5 Å². The fourth-order valence-corrected chi connectivity index (χ4v) is 1.63. The van der Waals surface area contributed by atoms with E-state index in [9.17, 15) is 0 Å². The average Bonchev–Trinajstić information content (AvgIpc) is 2.23. The van der Waals surface area contributed by atoms with Crippen LogP contribution in [-0.4, -0.2) is 46.0 Å². The molecular formula is C9H15Cl2N5. The van der Waals surface area contributed by atoms with Crippen LogP contribution in [0.1, 0.15) is 13.8 Å². The van der Waals surface area contributed by atoms with Gasteiger partial charge < -0.3 is 10.2 Å². The maximum atomic E-state index is 5.65. The van der Waals surface area contributed by atoms with Crippen molar-refractivity contribution in [3.8, 4) is 0 Å². The molecule has 0 saturated carbocycles. The topological polar surface area (TPSA) is 53.9 Å². The van der Waals surface area contributed by atoms with E-state index in [1.54, 1.807) is 0 Å². The first-order chi connectivity index (χ1) is 7.65. The highest BCUT2D eigenvalue weighted by molar-refractivity contribution is 6.31. The lowest BCUT2D eigenvalue weighted by Crippen LogP contribution is -2.29. The summed E-state index contributed by atoms with van der Waals surface area (Å²) in [4.78, 5) is 13.8. The maximum absolute atomic E-state index is 5.65. The Morgan fingerprint density at radius 1 is 1.06 bits per heavy atom. The summed E-state index contributed by atoms with van der Waals surface area (Å²) in [5.41, 5.74) is 0. The molecule has 1 aromatic heterocycles. The zero-order valence-electron chi connectivity index (χ0n) is 9.37. The number of halogens is 2. The van der Waals surface area contributed by atoms with Crippen LogP contribution in [-0.2, 0) is 0 Å². The van der Waals surface area contributed by atoms with E-state index in [4.69, 9.17) is 23.2 Å². The van der Waals surface area contributed by atoms with Crippen molar-refractivity contribution in [2.24, 2.45) is 0 Å². The monoisotopic (exact) mass is 263 g/mol. The molecule has 0 aliphatic rings. The van der Waals surface area contributed by atoms with Gasteiger partial charge in [-0.2, -0.15) is 15.0 Å². The van der Waals surface area contributed by atoms with E-state index < -0.39 is 0 Å². The summed E-state index contributed by atoms with van der Waals surface area (Å²) >= 11 is 11.3. The van der Waals surface area contributed by atoms with E-state index >= 15 is 0 Å². The smallest absolute Gasteiger partial charge is 0.228 e. The second-order valence-corrected chi connectivity index (χ2v) is 3.83. The minimum atomic E-state index is 0.102. The molecule has 0 aromatic carbocycles. The molecule has 1 rings (SSSR count). The van der Waals surface area contributed by atoms with Gasteiger partial charge in [0.1, 0.15) is 0 Å². The van der Waals surface area contributed by atoms with Crippen LogP contribution in [0.2, 0.25) is 10.6 Å². The van der Waals surface area contributed by atoms with Crippen molar-refractivity contribution in [3.63, 3.8) is 0 Å². The van der Waals surface area contributed by atoms with Crippen LogP contribution in [0.15, 0.2) is 0 Å². The third kappa shape index (κ3) is 4.47. The minimum absolute atomic E-state index is 0.102. The molecule has 0 atom stereocenters. The Hall–Kier alpha value is -0.650. The SMILES string of the molecule is CCN(CC)CCNc1nc(Cl)nc(Cl)n1. The average molecular weight is 264 g/mol. The summed E-state index contributed by atoms with van der Waals surface area (Å²) < 4.78 is 0. The molecular weight excluding hydrogens is 249 g/mol. The van der Waals surface area contributed by atoms with Gasteiger partial charge in [0, 0.05) is 13.1 Å². The van der Waals surface area contributed by atoms with Crippen molar-refractivity contribution in [1.82, 2.24) is 19.9 Å². The Labute approximate surface area is 105 Å². The summed E-state index contributed by atoms with van der Waals surface area (Å²) in [6, 6.07) is 0. The first-order valence-corrected chi connectivity index (χ1v) is 5.94. The van der Waals surface area contributed by atoms with Gasteiger partial charge in [-0.1, -0.05) is 13.8 Å². The molecule has 0 spiro atoms. The lowest BCUT2D eigenvalue weighted by atomic mass is 10.4. The van der Waals surface area contributed by atoms with Crippen LogP contribution in [0.5, 0.6) is 0 Å². The molecule has 7 heteroatoms. The normalized spacial score (nSPS) is 10.8. The van der Waals surface area contributed by atoms with Crippen LogP contribution in [0.3, 0.4) is 0 Å². The number of anilines is 1. The number of rotatable bonds is 6. The summed E-state index contributed by atoms with van der Waals surface area (Å²) in [6.45, 7) is 7.97. The lowest BCUT2D eigenvalue weighted by molar-refractivity contribution is 0.316. The van der Waals surface area contributed by atoms with Crippen LogP contribution in [0.25, 0.3) is 0 Å². The van der Waals surface area contributed by atoms with Crippen molar-refractivity contribution in [2.45, 2.75) is 13.8 Å². The van der Waals surface area contributed by atoms with Crippen LogP contribution < -0.4 is 5.32 Å². The van der Waals surface area contributed by atoms with Crippen molar-refractivity contribution in [1.29, 1.82) is 0 Å². The second-order valence-electron chi connectivity index (χ2n) is 3.15. The molecule has 0 fully saturated rings. The van der Waals surface area contributed by atoms with Crippen molar-refractivity contribution in [3.05, 3.63) is 10.6 Å². The highest BCUT2D eigenvalue weighted by atomic mass is 35.5. The van der Waals surface area contributed by atoms with Gasteiger partial charge in [0.15, 0.2) is 0 Å². The molecule has 0 unspecified atom stereocenters. The van der Waals surface area contributed by atoms with E-state index in [-0.39, 0.29) is 10.6 Å². The van der Waals surface area contributed by atoms with Gasteiger partial charge in [-0.15, -0.1) is 0 Å². The quantitative estimate of drug-likeness (QED) is 0.850. The van der Waals surface area contributed by atoms with Gasteiger partial charge >= 0.3 is 0 Å². The van der Waals surface area contributed by atoms with E-state index in [0.29, 0.717) is 5.95 Å². The van der Waals surface area contributed by atoms with Crippen molar-refractivity contribution < 1.29 is 0 Å². The Balaban J connectivity index is 2.42. The molecule has 0 radical (unpaired) electrons. The first kappa shape index (κ1) is 13.4. The predicted molar refractivity (Wildman–Crippen MR) is 66.1 cm³/mol. The van der Waals surface area contributed by atoms with Gasteiger partial charge in [0.25, 0.3) is 0 Å². The highest BCUT2D eigenvalue weighted by Gasteiger charge is 2.03. The van der Waals surface area contributed by atoms with Crippen LogP contribution in [0.4, 0.5) is 5.95 Å². The first-order valence-electron chi connectivity index (χ1n) is 5.19. The van der Waals surface area contributed by atoms with Gasteiger partial charge in [-0.05, 0) is 36.3 Å². The molecule has 0 aliphatic heterocycles. The highest BCUT2D eigenvalue weighted by Crippen LogP contribution is 2.09. The number of likely N-dealkylation sites (N-methyl/N-ethyl adjacent to an activating group) is 1. The molecule has 0 aliphatic carbocycles. The standard InChI is InChI=1S/C9H15Cl2N5/c1-3-16(4-2)6-5-12-9-14-7(10)13-8(11)15-9/h3-6H2,1-2H3,(H,12,13,14,15). The summed E-state index contributed by atoms with van der Waals surface area (Å²) in [7, 11) is 0. The Kier molecular flexibility index (Phi) is 5.73. The van der Waals surface area contributed by atoms with E-state index in [0.717, 1.165) is 26.2 Å². The number of aromatic nitrogens is 3. The molecule has 1 N–H and O–H groups in total. The molecule has 0 amide bonds.